The Morgan fingerprint density at radius 1 is 0.462 bits per heavy atom. The maximum atomic E-state index is 13.3. The monoisotopic (exact) mass is 1110 g/mol. The number of carbonyl (C=O) groups is 1. The Balaban J connectivity index is 1.54. The normalized spacial score (nSPS) is 30.9. The molecule has 0 aromatic carbocycles. The van der Waals surface area contributed by atoms with Crippen molar-refractivity contribution in [1.82, 2.24) is 5.32 Å². The maximum absolute atomic E-state index is 13.3. The van der Waals surface area contributed by atoms with Crippen LogP contribution in [-0.4, -0.2) is 193 Å². The Morgan fingerprint density at radius 3 is 1.38 bits per heavy atom. The number of unbranched alkanes of at least 4 members (excludes halogenated alkanes) is 18. The van der Waals surface area contributed by atoms with Crippen molar-refractivity contribution in [2.24, 2.45) is 0 Å². The van der Waals surface area contributed by atoms with Crippen LogP contribution in [0.5, 0.6) is 0 Å². The van der Waals surface area contributed by atoms with E-state index >= 15 is 0 Å². The summed E-state index contributed by atoms with van der Waals surface area (Å²) in [5.41, 5.74) is 0. The number of allylic oxidation sites excluding steroid dienone is 9. The number of carbonyl (C=O) groups excluding carboxylic acids is 1. The summed E-state index contributed by atoms with van der Waals surface area (Å²) in [7, 11) is 0. The zero-order valence-electron chi connectivity index (χ0n) is 46.9. The van der Waals surface area contributed by atoms with Gasteiger partial charge in [0.2, 0.25) is 5.91 Å². The lowest BCUT2D eigenvalue weighted by Gasteiger charge is -2.48. The minimum absolute atomic E-state index is 0.220. The summed E-state index contributed by atoms with van der Waals surface area (Å²) in [6.07, 6.45) is 20.5. The first-order chi connectivity index (χ1) is 37.8. The first-order valence-corrected chi connectivity index (χ1v) is 29.5. The number of aliphatic hydroxyl groups excluding tert-OH is 11. The summed E-state index contributed by atoms with van der Waals surface area (Å²) in [6.45, 7) is 1.63. The predicted molar refractivity (Wildman–Crippen MR) is 295 cm³/mol. The molecule has 3 heterocycles. The molecule has 0 saturated carbocycles. The van der Waals surface area contributed by atoms with Gasteiger partial charge in [-0.15, -0.1) is 0 Å². The Morgan fingerprint density at radius 2 is 0.859 bits per heavy atom. The topological polar surface area (TPSA) is 307 Å². The summed E-state index contributed by atoms with van der Waals surface area (Å²) in [5, 5.41) is 120. The van der Waals surface area contributed by atoms with Gasteiger partial charge in [0.25, 0.3) is 0 Å². The smallest absolute Gasteiger partial charge is 0.220 e. The van der Waals surface area contributed by atoms with Gasteiger partial charge in [-0.2, -0.15) is 0 Å². The van der Waals surface area contributed by atoms with E-state index in [2.05, 4.69) is 67.8 Å². The number of nitrogens with one attached hydrogen (secondary N) is 1. The first-order valence-electron chi connectivity index (χ1n) is 29.5. The standard InChI is InChI=1S/C59H103NO18/c1-3-5-7-9-11-13-15-17-19-21-23-25-27-29-31-33-35-37-47(65)60-42(43(64)36-34-32-30-28-26-24-22-20-18-16-14-12-10-8-6-4-2)41-73-57-53(71)50(68)55(45(39-62)75-57)78-59-54(72)51(69)56(46(40-63)76-59)77-58-52(70)49(67)48(66)44(38-61)74-58/h11,13,17-20,26,28,34,36,42-46,48-59,61-64,66-72H,3-10,12,14-16,21-25,27,29-33,35,37-41H2,1-2H3,(H,60,65)/b13-11-,19-17-,20-18+,28-26+,36-34+. The third-order valence-electron chi connectivity index (χ3n) is 14.5. The molecule has 0 spiro atoms. The van der Waals surface area contributed by atoms with Gasteiger partial charge >= 0.3 is 0 Å². The van der Waals surface area contributed by atoms with E-state index in [9.17, 15) is 61.0 Å². The molecule has 3 saturated heterocycles. The minimum Gasteiger partial charge on any atom is -0.394 e. The van der Waals surface area contributed by atoms with E-state index in [1.807, 2.05) is 6.08 Å². The Labute approximate surface area is 465 Å². The number of rotatable bonds is 42. The fourth-order valence-corrected chi connectivity index (χ4v) is 9.60. The Bertz CT molecular complexity index is 1660. The summed E-state index contributed by atoms with van der Waals surface area (Å²) in [5.74, 6) is -0.301. The van der Waals surface area contributed by atoms with Crippen molar-refractivity contribution in [3.05, 3.63) is 60.8 Å². The van der Waals surface area contributed by atoms with Crippen LogP contribution in [0.2, 0.25) is 0 Å². The highest BCUT2D eigenvalue weighted by molar-refractivity contribution is 5.76. The van der Waals surface area contributed by atoms with E-state index in [1.165, 1.54) is 57.8 Å². The molecule has 12 N–H and O–H groups in total. The molecule has 78 heavy (non-hydrogen) atoms. The van der Waals surface area contributed by atoms with Gasteiger partial charge in [0.15, 0.2) is 18.9 Å². The summed E-state index contributed by atoms with van der Waals surface area (Å²) < 4.78 is 34.2. The van der Waals surface area contributed by atoms with Crippen molar-refractivity contribution in [1.29, 1.82) is 0 Å². The SMILES string of the molecule is CCCCC/C=C\C/C=C\CCCCCCCCCC(=O)NC(COC1OC(CO)C(OC2OC(CO)C(OC3OC(CO)C(O)C(O)C3O)C(O)C2O)C(O)C1O)C(O)/C=C/CC/C=C/CC/C=C/CCCCCCCC. The summed E-state index contributed by atoms with van der Waals surface area (Å²) in [6, 6.07) is -1.00. The molecular formula is C59H103NO18. The van der Waals surface area contributed by atoms with Crippen molar-refractivity contribution in [3.63, 3.8) is 0 Å². The molecule has 19 heteroatoms. The van der Waals surface area contributed by atoms with Gasteiger partial charge in [0, 0.05) is 6.42 Å². The molecular weight excluding hydrogens is 1010 g/mol. The highest BCUT2D eigenvalue weighted by Gasteiger charge is 2.53. The van der Waals surface area contributed by atoms with Gasteiger partial charge in [-0.05, 0) is 77.0 Å². The average molecular weight is 1110 g/mol. The molecule has 3 aliphatic heterocycles. The van der Waals surface area contributed by atoms with E-state index in [1.54, 1.807) is 6.08 Å². The molecule has 3 rings (SSSR count). The number of hydrogen-bond donors (Lipinski definition) is 12. The molecule has 1 amide bonds. The molecule has 0 bridgehead atoms. The molecule has 3 fully saturated rings. The van der Waals surface area contributed by atoms with Crippen LogP contribution < -0.4 is 5.32 Å². The first kappa shape index (κ1) is 69.8. The fourth-order valence-electron chi connectivity index (χ4n) is 9.60. The Kier molecular flexibility index (Phi) is 37.9. The van der Waals surface area contributed by atoms with Crippen LogP contribution in [0.3, 0.4) is 0 Å². The molecule has 17 atom stereocenters. The van der Waals surface area contributed by atoms with Crippen LogP contribution in [0.25, 0.3) is 0 Å². The zero-order valence-corrected chi connectivity index (χ0v) is 46.9. The number of aliphatic hydroxyl groups is 11. The van der Waals surface area contributed by atoms with Gasteiger partial charge in [-0.3, -0.25) is 4.79 Å². The third kappa shape index (κ3) is 26.2. The molecule has 17 unspecified atom stereocenters. The molecule has 0 aromatic rings. The minimum atomic E-state index is -1.98. The largest absolute Gasteiger partial charge is 0.394 e. The maximum Gasteiger partial charge on any atom is 0.220 e. The fraction of sp³-hybridized carbons (Fsp3) is 0.814. The second kappa shape index (κ2) is 42.3. The van der Waals surface area contributed by atoms with Crippen LogP contribution in [0.15, 0.2) is 60.8 Å². The predicted octanol–water partition coefficient (Wildman–Crippen LogP) is 4.87. The molecule has 0 radical (unpaired) electrons. The molecule has 452 valence electrons. The van der Waals surface area contributed by atoms with Gasteiger partial charge in [0.05, 0.1) is 38.6 Å². The summed E-state index contributed by atoms with van der Waals surface area (Å²) >= 11 is 0. The van der Waals surface area contributed by atoms with Gasteiger partial charge in [-0.25, -0.2) is 0 Å². The molecule has 3 aliphatic rings. The second-order valence-electron chi connectivity index (χ2n) is 21.1. The van der Waals surface area contributed by atoms with Gasteiger partial charge in [-0.1, -0.05) is 152 Å². The highest BCUT2D eigenvalue weighted by Crippen LogP contribution is 2.33. The van der Waals surface area contributed by atoms with Crippen molar-refractivity contribution in [2.75, 3.05) is 26.4 Å². The lowest BCUT2D eigenvalue weighted by molar-refractivity contribution is -0.379. The number of amides is 1. The van der Waals surface area contributed by atoms with Crippen molar-refractivity contribution < 1.29 is 89.4 Å². The lowest BCUT2D eigenvalue weighted by Crippen LogP contribution is -2.66. The van der Waals surface area contributed by atoms with Gasteiger partial charge in [0.1, 0.15) is 73.2 Å². The third-order valence-corrected chi connectivity index (χ3v) is 14.5. The Hall–Kier alpha value is -2.51. The number of hydrogen-bond acceptors (Lipinski definition) is 18. The van der Waals surface area contributed by atoms with E-state index < -0.39 is 124 Å². The van der Waals surface area contributed by atoms with Crippen LogP contribution in [0.4, 0.5) is 0 Å². The average Bonchev–Trinajstić information content (AvgIpc) is 3.45. The quantitative estimate of drug-likeness (QED) is 0.0287. The molecule has 19 nitrogen and oxygen atoms in total. The zero-order chi connectivity index (χ0) is 56.9. The molecule has 0 aromatic heterocycles. The van der Waals surface area contributed by atoms with E-state index in [0.29, 0.717) is 12.8 Å². The summed E-state index contributed by atoms with van der Waals surface area (Å²) in [4.78, 5) is 13.3. The van der Waals surface area contributed by atoms with Gasteiger partial charge < -0.3 is 89.9 Å². The van der Waals surface area contributed by atoms with E-state index in [4.69, 9.17) is 28.4 Å². The highest BCUT2D eigenvalue weighted by atomic mass is 16.8. The van der Waals surface area contributed by atoms with Crippen LogP contribution in [-0.2, 0) is 33.2 Å². The van der Waals surface area contributed by atoms with Crippen molar-refractivity contribution in [3.8, 4) is 0 Å². The lowest BCUT2D eigenvalue weighted by atomic mass is 9.96. The van der Waals surface area contributed by atoms with Crippen LogP contribution in [0.1, 0.15) is 174 Å². The van der Waals surface area contributed by atoms with E-state index in [-0.39, 0.29) is 18.9 Å². The van der Waals surface area contributed by atoms with Crippen LogP contribution in [0, 0.1) is 0 Å². The van der Waals surface area contributed by atoms with Crippen molar-refractivity contribution in [2.45, 2.75) is 279 Å². The molecule has 0 aliphatic carbocycles. The van der Waals surface area contributed by atoms with Crippen molar-refractivity contribution >= 4 is 5.91 Å². The van der Waals surface area contributed by atoms with Crippen LogP contribution >= 0.6 is 0 Å². The van der Waals surface area contributed by atoms with E-state index in [0.717, 1.165) is 83.5 Å². The second-order valence-corrected chi connectivity index (χ2v) is 21.1. The number of ether oxygens (including phenoxy) is 6.